The number of rotatable bonds is 2. The van der Waals surface area contributed by atoms with Gasteiger partial charge in [-0.05, 0) is 23.8 Å². The maximum absolute atomic E-state index is 5.83. The number of aromatic nitrogens is 2. The minimum Gasteiger partial charge on any atom is -0.404 e. The Morgan fingerprint density at radius 3 is 2.80 bits per heavy atom. The third kappa shape index (κ3) is 2.57. The lowest BCUT2D eigenvalue weighted by Crippen LogP contribution is -1.81. The van der Waals surface area contributed by atoms with Crippen molar-refractivity contribution in [1.29, 1.82) is 0 Å². The van der Waals surface area contributed by atoms with Crippen molar-refractivity contribution < 1.29 is 4.42 Å². The van der Waals surface area contributed by atoms with Crippen molar-refractivity contribution in [3.05, 3.63) is 40.7 Å². The van der Waals surface area contributed by atoms with Gasteiger partial charge in [-0.15, -0.1) is 5.10 Å². The third-order valence-corrected chi connectivity index (χ3v) is 1.96. The SMILES string of the molecule is Nc1nnc(/C=C/c2cccc(Cl)c2)o1. The Balaban J connectivity index is 2.18. The van der Waals surface area contributed by atoms with Gasteiger partial charge in [-0.25, -0.2) is 0 Å². The van der Waals surface area contributed by atoms with Gasteiger partial charge in [-0.2, -0.15) is 0 Å². The highest BCUT2D eigenvalue weighted by molar-refractivity contribution is 6.30. The number of hydrogen-bond donors (Lipinski definition) is 1. The minimum atomic E-state index is 0.0562. The number of anilines is 1. The number of nitrogens with two attached hydrogens (primary N) is 1. The second kappa shape index (κ2) is 4.14. The lowest BCUT2D eigenvalue weighted by molar-refractivity contribution is 0.563. The van der Waals surface area contributed by atoms with E-state index in [0.29, 0.717) is 10.9 Å². The molecule has 0 spiro atoms. The van der Waals surface area contributed by atoms with E-state index >= 15 is 0 Å². The number of halogens is 1. The Morgan fingerprint density at radius 2 is 2.13 bits per heavy atom. The molecule has 5 heteroatoms. The van der Waals surface area contributed by atoms with Gasteiger partial charge in [0.15, 0.2) is 0 Å². The molecule has 1 aromatic carbocycles. The number of nitrogens with zero attached hydrogens (tertiary/aromatic N) is 2. The summed E-state index contributed by atoms with van der Waals surface area (Å²) in [6.07, 6.45) is 3.49. The van der Waals surface area contributed by atoms with E-state index in [1.165, 1.54) is 0 Å². The Bertz CT molecular complexity index is 493. The van der Waals surface area contributed by atoms with Crippen molar-refractivity contribution in [2.45, 2.75) is 0 Å². The monoisotopic (exact) mass is 221 g/mol. The van der Waals surface area contributed by atoms with E-state index in [1.54, 1.807) is 6.08 Å². The summed E-state index contributed by atoms with van der Waals surface area (Å²) in [5, 5.41) is 7.90. The summed E-state index contributed by atoms with van der Waals surface area (Å²) < 4.78 is 4.97. The van der Waals surface area contributed by atoms with Crippen LogP contribution in [0.25, 0.3) is 12.2 Å². The molecule has 0 bridgehead atoms. The molecule has 0 atom stereocenters. The van der Waals surface area contributed by atoms with Crippen LogP contribution >= 0.6 is 11.6 Å². The Morgan fingerprint density at radius 1 is 1.27 bits per heavy atom. The van der Waals surface area contributed by atoms with Crippen LogP contribution in [-0.2, 0) is 0 Å². The summed E-state index contributed by atoms with van der Waals surface area (Å²) in [4.78, 5) is 0. The van der Waals surface area contributed by atoms with Crippen molar-refractivity contribution in [1.82, 2.24) is 10.2 Å². The standard InChI is InChI=1S/C10H8ClN3O/c11-8-3-1-2-7(6-8)4-5-9-13-14-10(12)15-9/h1-6H,(H2,12,14)/b5-4+. The second-order valence-corrected chi connectivity index (χ2v) is 3.30. The first-order chi connectivity index (χ1) is 7.24. The molecule has 2 aromatic rings. The van der Waals surface area contributed by atoms with Crippen LogP contribution in [-0.4, -0.2) is 10.2 Å². The zero-order valence-corrected chi connectivity index (χ0v) is 8.48. The highest BCUT2D eigenvalue weighted by Gasteiger charge is 1.96. The van der Waals surface area contributed by atoms with Gasteiger partial charge in [-0.3, -0.25) is 0 Å². The van der Waals surface area contributed by atoms with Crippen LogP contribution in [0.3, 0.4) is 0 Å². The molecule has 0 saturated heterocycles. The average molecular weight is 222 g/mol. The molecular weight excluding hydrogens is 214 g/mol. The molecule has 0 amide bonds. The van der Waals surface area contributed by atoms with Crippen molar-refractivity contribution >= 4 is 29.8 Å². The number of nitrogen functional groups attached to an aromatic ring is 1. The molecule has 0 aliphatic rings. The molecule has 76 valence electrons. The van der Waals surface area contributed by atoms with Crippen LogP contribution in [0.4, 0.5) is 6.01 Å². The molecular formula is C10H8ClN3O. The number of benzene rings is 1. The molecule has 0 aliphatic heterocycles. The van der Waals surface area contributed by atoms with Crippen molar-refractivity contribution in [3.8, 4) is 0 Å². The van der Waals surface area contributed by atoms with Gasteiger partial charge in [-0.1, -0.05) is 28.8 Å². The van der Waals surface area contributed by atoms with E-state index in [-0.39, 0.29) is 6.01 Å². The Labute approximate surface area is 91.4 Å². The first kappa shape index (κ1) is 9.73. The zero-order valence-electron chi connectivity index (χ0n) is 7.72. The zero-order chi connectivity index (χ0) is 10.7. The smallest absolute Gasteiger partial charge is 0.313 e. The van der Waals surface area contributed by atoms with E-state index in [2.05, 4.69) is 10.2 Å². The van der Waals surface area contributed by atoms with Crippen molar-refractivity contribution in [2.24, 2.45) is 0 Å². The lowest BCUT2D eigenvalue weighted by atomic mass is 10.2. The Kier molecular flexibility index (Phi) is 2.69. The fourth-order valence-corrected chi connectivity index (χ4v) is 1.29. The highest BCUT2D eigenvalue weighted by Crippen LogP contribution is 2.13. The van der Waals surface area contributed by atoms with Gasteiger partial charge in [0.05, 0.1) is 0 Å². The molecule has 0 radical (unpaired) electrons. The van der Waals surface area contributed by atoms with E-state index in [9.17, 15) is 0 Å². The molecule has 0 saturated carbocycles. The largest absolute Gasteiger partial charge is 0.404 e. The van der Waals surface area contributed by atoms with Crippen LogP contribution in [0.5, 0.6) is 0 Å². The van der Waals surface area contributed by atoms with E-state index in [0.717, 1.165) is 5.56 Å². The molecule has 15 heavy (non-hydrogen) atoms. The number of hydrogen-bond acceptors (Lipinski definition) is 4. The highest BCUT2D eigenvalue weighted by atomic mass is 35.5. The molecule has 4 nitrogen and oxygen atoms in total. The summed E-state index contributed by atoms with van der Waals surface area (Å²) >= 11 is 5.83. The Hall–Kier alpha value is -1.81. The summed E-state index contributed by atoms with van der Waals surface area (Å²) in [6, 6.07) is 7.48. The second-order valence-electron chi connectivity index (χ2n) is 2.87. The van der Waals surface area contributed by atoms with Gasteiger partial charge < -0.3 is 10.2 Å². The van der Waals surface area contributed by atoms with Gasteiger partial charge >= 0.3 is 6.01 Å². The third-order valence-electron chi connectivity index (χ3n) is 1.72. The average Bonchev–Trinajstić information content (AvgIpc) is 2.62. The molecule has 0 unspecified atom stereocenters. The molecule has 0 fully saturated rings. The lowest BCUT2D eigenvalue weighted by Gasteiger charge is -1.92. The predicted octanol–water partition coefficient (Wildman–Crippen LogP) is 2.48. The van der Waals surface area contributed by atoms with Crippen LogP contribution in [0.1, 0.15) is 11.5 Å². The predicted molar refractivity (Wildman–Crippen MR) is 59.1 cm³/mol. The van der Waals surface area contributed by atoms with Gasteiger partial charge in [0, 0.05) is 11.1 Å². The van der Waals surface area contributed by atoms with Crippen molar-refractivity contribution in [2.75, 3.05) is 5.73 Å². The van der Waals surface area contributed by atoms with Crippen LogP contribution < -0.4 is 5.73 Å². The van der Waals surface area contributed by atoms with Crippen LogP contribution in [0.15, 0.2) is 28.7 Å². The van der Waals surface area contributed by atoms with E-state index in [1.807, 2.05) is 30.3 Å². The maximum atomic E-state index is 5.83. The summed E-state index contributed by atoms with van der Waals surface area (Å²) in [5.41, 5.74) is 6.23. The first-order valence-electron chi connectivity index (χ1n) is 4.27. The topological polar surface area (TPSA) is 64.9 Å². The van der Waals surface area contributed by atoms with E-state index in [4.69, 9.17) is 21.8 Å². The van der Waals surface area contributed by atoms with Gasteiger partial charge in [0.2, 0.25) is 5.89 Å². The normalized spacial score (nSPS) is 11.0. The fourth-order valence-electron chi connectivity index (χ4n) is 1.09. The van der Waals surface area contributed by atoms with Gasteiger partial charge in [0.25, 0.3) is 0 Å². The van der Waals surface area contributed by atoms with E-state index < -0.39 is 0 Å². The molecule has 2 rings (SSSR count). The van der Waals surface area contributed by atoms with Crippen LogP contribution in [0, 0.1) is 0 Å². The molecule has 0 aliphatic carbocycles. The summed E-state index contributed by atoms with van der Waals surface area (Å²) in [6.45, 7) is 0. The maximum Gasteiger partial charge on any atom is 0.313 e. The fraction of sp³-hybridized carbons (Fsp3) is 0. The minimum absolute atomic E-state index is 0.0562. The van der Waals surface area contributed by atoms with Crippen molar-refractivity contribution in [3.63, 3.8) is 0 Å². The molecule has 1 heterocycles. The molecule has 1 aromatic heterocycles. The van der Waals surface area contributed by atoms with Gasteiger partial charge in [0.1, 0.15) is 0 Å². The quantitative estimate of drug-likeness (QED) is 0.846. The summed E-state index contributed by atoms with van der Waals surface area (Å²) in [7, 11) is 0. The van der Waals surface area contributed by atoms with Crippen LogP contribution in [0.2, 0.25) is 5.02 Å². The first-order valence-corrected chi connectivity index (χ1v) is 4.64. The summed E-state index contributed by atoms with van der Waals surface area (Å²) in [5.74, 6) is 0.368. The molecule has 2 N–H and O–H groups in total.